The number of hydrogen-bond acceptors (Lipinski definition) is 7. The first-order valence-electron chi connectivity index (χ1n) is 7.08. The Hall–Kier alpha value is -2.20. The molecule has 0 aliphatic heterocycles. The number of hydrogen-bond donors (Lipinski definition) is 2. The fraction of sp³-hybridized carbons (Fsp3) is 0.200. The molecule has 0 radical (unpaired) electrons. The highest BCUT2D eigenvalue weighted by atomic mass is 79.9. The summed E-state index contributed by atoms with van der Waals surface area (Å²) in [6.45, 7) is 1.88. The molecule has 2 rings (SSSR count). The van der Waals surface area contributed by atoms with Crippen LogP contribution in [0.25, 0.3) is 0 Å². The minimum Gasteiger partial charge on any atom is -0.462 e. The topological polar surface area (TPSA) is 107 Å². The molecule has 1 aromatic heterocycles. The molecular weight excluding hydrogens is 415 g/mol. The van der Waals surface area contributed by atoms with Crippen LogP contribution in [0.3, 0.4) is 0 Å². The normalized spacial score (nSPS) is 10.4. The molecule has 1 heterocycles. The van der Waals surface area contributed by atoms with Crippen molar-refractivity contribution in [1.82, 2.24) is 9.97 Å². The maximum Gasteiger partial charge on any atom is 0.343 e. The predicted octanol–water partition coefficient (Wildman–Crippen LogP) is 2.87. The number of benzene rings is 1. The SMILES string of the molecule is CCOC(=O)c1cnc(SCC(=O)Nc2ccc(Br)cc2F)nc1N. The Morgan fingerprint density at radius 1 is 1.44 bits per heavy atom. The van der Waals surface area contributed by atoms with Crippen molar-refractivity contribution in [3.63, 3.8) is 0 Å². The van der Waals surface area contributed by atoms with Crippen molar-refractivity contribution in [2.45, 2.75) is 12.1 Å². The number of ether oxygens (including phenoxy) is 1. The van der Waals surface area contributed by atoms with Crippen LogP contribution in [0.1, 0.15) is 17.3 Å². The Morgan fingerprint density at radius 3 is 2.84 bits per heavy atom. The third kappa shape index (κ3) is 5.40. The average Bonchev–Trinajstić information content (AvgIpc) is 2.56. The molecule has 0 atom stereocenters. The number of carbonyl (C=O) groups excluding carboxylic acids is 2. The molecular formula is C15H14BrFN4O3S. The van der Waals surface area contributed by atoms with Crippen molar-refractivity contribution in [2.75, 3.05) is 23.4 Å². The summed E-state index contributed by atoms with van der Waals surface area (Å²) in [6, 6.07) is 4.31. The Labute approximate surface area is 155 Å². The molecule has 0 saturated carbocycles. The number of nitrogens with one attached hydrogen (secondary N) is 1. The standard InChI is InChI=1S/C15H14BrFN4O3S/c1-2-24-14(23)9-6-19-15(21-13(9)18)25-7-12(22)20-11-4-3-8(16)5-10(11)17/h3-6H,2,7H2,1H3,(H,20,22)(H2,18,19,21). The van der Waals surface area contributed by atoms with Gasteiger partial charge in [-0.1, -0.05) is 27.7 Å². The summed E-state index contributed by atoms with van der Waals surface area (Å²) < 4.78 is 19.1. The van der Waals surface area contributed by atoms with Gasteiger partial charge < -0.3 is 15.8 Å². The Kier molecular flexibility index (Phi) is 6.71. The van der Waals surface area contributed by atoms with E-state index in [0.29, 0.717) is 4.47 Å². The minimum absolute atomic E-state index is 0.0321. The van der Waals surface area contributed by atoms with Gasteiger partial charge in [-0.05, 0) is 25.1 Å². The summed E-state index contributed by atoms with van der Waals surface area (Å²) in [7, 11) is 0. The van der Waals surface area contributed by atoms with Crippen LogP contribution in [0.4, 0.5) is 15.9 Å². The van der Waals surface area contributed by atoms with Gasteiger partial charge in [0, 0.05) is 10.7 Å². The quantitative estimate of drug-likeness (QED) is 0.413. The molecule has 0 aliphatic carbocycles. The highest BCUT2D eigenvalue weighted by molar-refractivity contribution is 9.10. The zero-order chi connectivity index (χ0) is 18.4. The van der Waals surface area contributed by atoms with E-state index in [1.54, 1.807) is 13.0 Å². The van der Waals surface area contributed by atoms with Crippen LogP contribution in [0.2, 0.25) is 0 Å². The largest absolute Gasteiger partial charge is 0.462 e. The smallest absolute Gasteiger partial charge is 0.343 e. The van der Waals surface area contributed by atoms with Crippen molar-refractivity contribution in [3.8, 4) is 0 Å². The summed E-state index contributed by atoms with van der Waals surface area (Å²) in [5, 5.41) is 2.67. The first-order valence-corrected chi connectivity index (χ1v) is 8.86. The first-order chi connectivity index (χ1) is 11.9. The number of halogens is 2. The molecule has 7 nitrogen and oxygen atoms in total. The molecule has 0 spiro atoms. The monoisotopic (exact) mass is 428 g/mol. The van der Waals surface area contributed by atoms with E-state index in [-0.39, 0.29) is 34.6 Å². The van der Waals surface area contributed by atoms with E-state index in [2.05, 4.69) is 31.2 Å². The number of amides is 1. The van der Waals surface area contributed by atoms with Gasteiger partial charge in [-0.2, -0.15) is 0 Å². The lowest BCUT2D eigenvalue weighted by molar-refractivity contribution is -0.113. The minimum atomic E-state index is -0.611. The van der Waals surface area contributed by atoms with Crippen molar-refractivity contribution in [1.29, 1.82) is 0 Å². The second kappa shape index (κ2) is 8.77. The van der Waals surface area contributed by atoms with E-state index in [4.69, 9.17) is 10.5 Å². The number of thioether (sulfide) groups is 1. The lowest BCUT2D eigenvalue weighted by atomic mass is 10.3. The molecule has 132 valence electrons. The maximum atomic E-state index is 13.7. The molecule has 3 N–H and O–H groups in total. The zero-order valence-electron chi connectivity index (χ0n) is 13.1. The van der Waals surface area contributed by atoms with Crippen LogP contribution in [-0.2, 0) is 9.53 Å². The number of nitrogen functional groups attached to an aromatic ring is 1. The highest BCUT2D eigenvalue weighted by Crippen LogP contribution is 2.21. The Morgan fingerprint density at radius 2 is 2.20 bits per heavy atom. The number of anilines is 2. The van der Waals surface area contributed by atoms with Gasteiger partial charge in [-0.3, -0.25) is 4.79 Å². The van der Waals surface area contributed by atoms with E-state index < -0.39 is 17.7 Å². The third-order valence-corrected chi connectivity index (χ3v) is 4.18. The van der Waals surface area contributed by atoms with Crippen LogP contribution in [0, 0.1) is 5.82 Å². The van der Waals surface area contributed by atoms with Gasteiger partial charge in [-0.25, -0.2) is 19.2 Å². The average molecular weight is 429 g/mol. The lowest BCUT2D eigenvalue weighted by Gasteiger charge is -2.07. The van der Waals surface area contributed by atoms with E-state index in [9.17, 15) is 14.0 Å². The van der Waals surface area contributed by atoms with E-state index in [1.807, 2.05) is 0 Å². The van der Waals surface area contributed by atoms with E-state index in [0.717, 1.165) is 11.8 Å². The number of rotatable bonds is 6. The Balaban J connectivity index is 1.95. The highest BCUT2D eigenvalue weighted by Gasteiger charge is 2.15. The molecule has 0 saturated heterocycles. The maximum absolute atomic E-state index is 13.7. The van der Waals surface area contributed by atoms with Gasteiger partial charge in [0.05, 0.1) is 18.0 Å². The molecule has 0 fully saturated rings. The van der Waals surface area contributed by atoms with Gasteiger partial charge in [0.25, 0.3) is 0 Å². The summed E-state index contributed by atoms with van der Waals surface area (Å²) >= 11 is 4.14. The summed E-state index contributed by atoms with van der Waals surface area (Å²) in [6.07, 6.45) is 1.24. The van der Waals surface area contributed by atoms with Crippen molar-refractivity contribution < 1.29 is 18.7 Å². The molecule has 10 heteroatoms. The molecule has 0 bridgehead atoms. The van der Waals surface area contributed by atoms with Gasteiger partial charge in [0.2, 0.25) is 5.91 Å². The number of carbonyl (C=O) groups is 2. The molecule has 1 amide bonds. The zero-order valence-corrected chi connectivity index (χ0v) is 15.5. The van der Waals surface area contributed by atoms with Crippen LogP contribution in [-0.4, -0.2) is 34.2 Å². The van der Waals surface area contributed by atoms with Crippen LogP contribution in [0.15, 0.2) is 34.0 Å². The van der Waals surface area contributed by atoms with E-state index >= 15 is 0 Å². The lowest BCUT2D eigenvalue weighted by Crippen LogP contribution is -2.15. The summed E-state index contributed by atoms with van der Waals surface area (Å²) in [4.78, 5) is 31.4. The van der Waals surface area contributed by atoms with Crippen molar-refractivity contribution >= 4 is 51.1 Å². The number of aromatic nitrogens is 2. The van der Waals surface area contributed by atoms with E-state index in [1.165, 1.54) is 18.3 Å². The predicted molar refractivity (Wildman–Crippen MR) is 95.9 cm³/mol. The third-order valence-electron chi connectivity index (χ3n) is 2.83. The van der Waals surface area contributed by atoms with Gasteiger partial charge >= 0.3 is 5.97 Å². The molecule has 25 heavy (non-hydrogen) atoms. The number of esters is 1. The van der Waals surface area contributed by atoms with Gasteiger partial charge in [0.15, 0.2) is 5.16 Å². The van der Waals surface area contributed by atoms with Crippen LogP contribution < -0.4 is 11.1 Å². The van der Waals surface area contributed by atoms with Crippen LogP contribution >= 0.6 is 27.7 Å². The first kappa shape index (κ1) is 19.1. The molecule has 0 aliphatic rings. The number of nitrogens with two attached hydrogens (primary N) is 1. The summed E-state index contributed by atoms with van der Waals surface area (Å²) in [5.41, 5.74) is 5.84. The van der Waals surface area contributed by atoms with Gasteiger partial charge in [-0.15, -0.1) is 0 Å². The fourth-order valence-corrected chi connectivity index (χ4v) is 2.68. The number of nitrogens with zero attached hydrogens (tertiary/aromatic N) is 2. The molecule has 1 aromatic carbocycles. The molecule has 2 aromatic rings. The van der Waals surface area contributed by atoms with Crippen LogP contribution in [0.5, 0.6) is 0 Å². The fourth-order valence-electron chi connectivity index (χ4n) is 1.72. The Bertz CT molecular complexity index is 806. The summed E-state index contributed by atoms with van der Waals surface area (Å²) in [5.74, 6) is -1.67. The van der Waals surface area contributed by atoms with Crippen molar-refractivity contribution in [2.24, 2.45) is 0 Å². The van der Waals surface area contributed by atoms with Crippen molar-refractivity contribution in [3.05, 3.63) is 40.2 Å². The van der Waals surface area contributed by atoms with Gasteiger partial charge in [0.1, 0.15) is 17.2 Å². The molecule has 0 unspecified atom stereocenters. The second-order valence-electron chi connectivity index (χ2n) is 4.63. The second-order valence-corrected chi connectivity index (χ2v) is 6.49.